The van der Waals surface area contributed by atoms with Gasteiger partial charge in [0.1, 0.15) is 11.9 Å². The summed E-state index contributed by atoms with van der Waals surface area (Å²) in [6.07, 6.45) is 4.06. The van der Waals surface area contributed by atoms with Gasteiger partial charge in [0.2, 0.25) is 0 Å². The topological polar surface area (TPSA) is 34.1 Å². The van der Waals surface area contributed by atoms with E-state index in [0.29, 0.717) is 0 Å². The van der Waals surface area contributed by atoms with Crippen LogP contribution >= 0.6 is 0 Å². The second kappa shape index (κ2) is 6.18. The van der Waals surface area contributed by atoms with E-state index in [2.05, 4.69) is 10.3 Å². The first-order chi connectivity index (χ1) is 10.2. The minimum Gasteiger partial charge on any atom is -0.482 e. The van der Waals surface area contributed by atoms with E-state index in [-0.39, 0.29) is 17.8 Å². The molecule has 2 heterocycles. The Morgan fingerprint density at radius 3 is 2.67 bits per heavy atom. The van der Waals surface area contributed by atoms with E-state index in [4.69, 9.17) is 4.74 Å². The van der Waals surface area contributed by atoms with Gasteiger partial charge < -0.3 is 10.1 Å². The van der Waals surface area contributed by atoms with Gasteiger partial charge in [0, 0.05) is 30.9 Å². The van der Waals surface area contributed by atoms with E-state index in [0.717, 1.165) is 31.1 Å². The van der Waals surface area contributed by atoms with Crippen LogP contribution in [0.2, 0.25) is 0 Å². The molecular formula is C16H16F2N2O. The summed E-state index contributed by atoms with van der Waals surface area (Å²) >= 11 is 0. The molecule has 1 fully saturated rings. The zero-order chi connectivity index (χ0) is 14.7. The normalized spacial score (nSPS) is 19.4. The van der Waals surface area contributed by atoms with Gasteiger partial charge in [0.15, 0.2) is 11.6 Å². The highest BCUT2D eigenvalue weighted by Gasteiger charge is 2.28. The molecule has 0 spiro atoms. The molecule has 1 N–H and O–H groups in total. The van der Waals surface area contributed by atoms with Crippen LogP contribution in [0, 0.1) is 17.6 Å². The van der Waals surface area contributed by atoms with E-state index in [1.807, 2.05) is 12.1 Å². The van der Waals surface area contributed by atoms with E-state index in [9.17, 15) is 8.78 Å². The van der Waals surface area contributed by atoms with Crippen LogP contribution in [0.1, 0.15) is 18.1 Å². The van der Waals surface area contributed by atoms with E-state index < -0.39 is 11.6 Å². The van der Waals surface area contributed by atoms with Crippen LogP contribution in [-0.2, 0) is 0 Å². The standard InChI is InChI=1S/C16H16F2N2O/c17-13-1-2-15(14(18)9-13)21-16(12-5-8-20-10-12)11-3-6-19-7-4-11/h1-4,6-7,9,12,16,20H,5,8,10H2/t12?,16-/m1/s1. The molecule has 110 valence electrons. The van der Waals surface area contributed by atoms with Gasteiger partial charge in [-0.25, -0.2) is 8.78 Å². The summed E-state index contributed by atoms with van der Waals surface area (Å²) < 4.78 is 32.7. The molecule has 1 aromatic heterocycles. The first-order valence-corrected chi connectivity index (χ1v) is 6.96. The number of ether oxygens (including phenoxy) is 1. The van der Waals surface area contributed by atoms with Crippen LogP contribution in [0.15, 0.2) is 42.7 Å². The number of aromatic nitrogens is 1. The molecule has 2 atom stereocenters. The number of hydrogen-bond donors (Lipinski definition) is 1. The largest absolute Gasteiger partial charge is 0.482 e. The van der Waals surface area contributed by atoms with Crippen LogP contribution in [0.25, 0.3) is 0 Å². The highest BCUT2D eigenvalue weighted by Crippen LogP contribution is 2.33. The van der Waals surface area contributed by atoms with Crippen molar-refractivity contribution >= 4 is 0 Å². The lowest BCUT2D eigenvalue weighted by atomic mass is 9.95. The van der Waals surface area contributed by atoms with Gasteiger partial charge in [-0.05, 0) is 42.8 Å². The fourth-order valence-corrected chi connectivity index (χ4v) is 2.63. The Morgan fingerprint density at radius 1 is 1.19 bits per heavy atom. The van der Waals surface area contributed by atoms with Crippen molar-refractivity contribution in [3.05, 3.63) is 59.9 Å². The quantitative estimate of drug-likeness (QED) is 0.939. The highest BCUT2D eigenvalue weighted by atomic mass is 19.1. The summed E-state index contributed by atoms with van der Waals surface area (Å²) in [7, 11) is 0. The van der Waals surface area contributed by atoms with Crippen molar-refractivity contribution in [3.8, 4) is 5.75 Å². The van der Waals surface area contributed by atoms with Gasteiger partial charge in [-0.2, -0.15) is 0 Å². The molecule has 3 nitrogen and oxygen atoms in total. The summed E-state index contributed by atoms with van der Waals surface area (Å²) in [6, 6.07) is 7.11. The molecule has 3 rings (SSSR count). The summed E-state index contributed by atoms with van der Waals surface area (Å²) in [5, 5.41) is 3.28. The number of nitrogens with zero attached hydrogens (tertiary/aromatic N) is 1. The van der Waals surface area contributed by atoms with Gasteiger partial charge in [-0.15, -0.1) is 0 Å². The third-order valence-corrected chi connectivity index (χ3v) is 3.71. The maximum Gasteiger partial charge on any atom is 0.168 e. The Kier molecular flexibility index (Phi) is 4.10. The zero-order valence-corrected chi connectivity index (χ0v) is 11.4. The Bertz CT molecular complexity index is 600. The van der Waals surface area contributed by atoms with Crippen molar-refractivity contribution in [1.29, 1.82) is 0 Å². The molecule has 0 aliphatic carbocycles. The monoisotopic (exact) mass is 290 g/mol. The summed E-state index contributed by atoms with van der Waals surface area (Å²) in [6.45, 7) is 1.73. The predicted molar refractivity (Wildman–Crippen MR) is 74.9 cm³/mol. The summed E-state index contributed by atoms with van der Waals surface area (Å²) in [5.41, 5.74) is 0.947. The first kappa shape index (κ1) is 13.9. The number of pyridine rings is 1. The number of hydrogen-bond acceptors (Lipinski definition) is 3. The van der Waals surface area contributed by atoms with Crippen LogP contribution in [-0.4, -0.2) is 18.1 Å². The third kappa shape index (κ3) is 3.19. The summed E-state index contributed by atoms with van der Waals surface area (Å²) in [5.74, 6) is -0.968. The summed E-state index contributed by atoms with van der Waals surface area (Å²) in [4.78, 5) is 4.00. The minimum absolute atomic E-state index is 0.0742. The molecule has 5 heteroatoms. The second-order valence-electron chi connectivity index (χ2n) is 5.15. The number of rotatable bonds is 4. The maximum absolute atomic E-state index is 13.8. The Labute approximate surface area is 122 Å². The van der Waals surface area contributed by atoms with Gasteiger partial charge in [0.25, 0.3) is 0 Å². The van der Waals surface area contributed by atoms with Crippen LogP contribution in [0.5, 0.6) is 5.75 Å². The van der Waals surface area contributed by atoms with Gasteiger partial charge in [-0.3, -0.25) is 4.98 Å². The van der Waals surface area contributed by atoms with Crippen molar-refractivity contribution in [2.45, 2.75) is 12.5 Å². The van der Waals surface area contributed by atoms with Gasteiger partial charge in [-0.1, -0.05) is 0 Å². The fraction of sp³-hybridized carbons (Fsp3) is 0.312. The Balaban J connectivity index is 1.88. The van der Waals surface area contributed by atoms with E-state index >= 15 is 0 Å². The zero-order valence-electron chi connectivity index (χ0n) is 11.4. The van der Waals surface area contributed by atoms with Crippen LogP contribution in [0.3, 0.4) is 0 Å². The van der Waals surface area contributed by atoms with Crippen LogP contribution < -0.4 is 10.1 Å². The molecule has 2 aromatic rings. The van der Waals surface area contributed by atoms with Crippen molar-refractivity contribution in [1.82, 2.24) is 10.3 Å². The highest BCUT2D eigenvalue weighted by molar-refractivity contribution is 5.27. The number of halogens is 2. The van der Waals surface area contributed by atoms with Crippen molar-refractivity contribution in [2.24, 2.45) is 5.92 Å². The average Bonchev–Trinajstić information content (AvgIpc) is 3.01. The average molecular weight is 290 g/mol. The molecule has 0 bridgehead atoms. The smallest absolute Gasteiger partial charge is 0.168 e. The molecule has 0 amide bonds. The lowest BCUT2D eigenvalue weighted by molar-refractivity contribution is 0.138. The maximum atomic E-state index is 13.8. The van der Waals surface area contributed by atoms with Gasteiger partial charge in [0.05, 0.1) is 0 Å². The van der Waals surface area contributed by atoms with Crippen molar-refractivity contribution in [3.63, 3.8) is 0 Å². The second-order valence-corrected chi connectivity index (χ2v) is 5.15. The third-order valence-electron chi connectivity index (χ3n) is 3.71. The van der Waals surface area contributed by atoms with E-state index in [1.54, 1.807) is 12.4 Å². The minimum atomic E-state index is -0.681. The molecule has 0 saturated carbocycles. The SMILES string of the molecule is Fc1ccc(O[C@H](c2ccncc2)C2CCNC2)c(F)c1. The lowest BCUT2D eigenvalue weighted by Crippen LogP contribution is -2.21. The fourth-order valence-electron chi connectivity index (χ4n) is 2.63. The molecule has 1 aromatic carbocycles. The molecule has 1 saturated heterocycles. The van der Waals surface area contributed by atoms with Crippen molar-refractivity contribution in [2.75, 3.05) is 13.1 Å². The number of nitrogens with one attached hydrogen (secondary N) is 1. The molecule has 21 heavy (non-hydrogen) atoms. The molecule has 0 radical (unpaired) electrons. The Hall–Kier alpha value is -2.01. The number of benzene rings is 1. The lowest BCUT2D eigenvalue weighted by Gasteiger charge is -2.25. The molecule has 1 aliphatic heterocycles. The first-order valence-electron chi connectivity index (χ1n) is 6.96. The van der Waals surface area contributed by atoms with Gasteiger partial charge >= 0.3 is 0 Å². The molecular weight excluding hydrogens is 274 g/mol. The van der Waals surface area contributed by atoms with E-state index in [1.165, 1.54) is 12.1 Å². The predicted octanol–water partition coefficient (Wildman–Crippen LogP) is 3.09. The van der Waals surface area contributed by atoms with Crippen molar-refractivity contribution < 1.29 is 13.5 Å². The molecule has 1 aliphatic rings. The Morgan fingerprint density at radius 2 is 2.00 bits per heavy atom. The van der Waals surface area contributed by atoms with Crippen LogP contribution in [0.4, 0.5) is 8.78 Å². The molecule has 1 unspecified atom stereocenters.